The van der Waals surface area contributed by atoms with E-state index in [4.69, 9.17) is 8.83 Å². The third kappa shape index (κ3) is 2.86. The zero-order valence-corrected chi connectivity index (χ0v) is 9.82. The Morgan fingerprint density at radius 3 is 2.84 bits per heavy atom. The normalized spacial score (nSPS) is 10.8. The maximum absolute atomic E-state index is 11.6. The number of nitrogens with one attached hydrogen (secondary N) is 1. The van der Waals surface area contributed by atoms with E-state index >= 15 is 0 Å². The highest BCUT2D eigenvalue weighted by molar-refractivity contribution is 5.95. The molecule has 8 nitrogen and oxygen atoms in total. The minimum Gasteiger partial charge on any atom is -0.469 e. The van der Waals surface area contributed by atoms with Gasteiger partial charge >= 0.3 is 5.88 Å². The molecule has 19 heavy (non-hydrogen) atoms. The standard InChI is InChI=1S/C11H9N3O5/c1-7-9(4-5-18-7)11(15)13-12-6-8-2-3-10(19-8)14(16)17/h2-6H,1H3,(H,13,15)/b12-6-. The van der Waals surface area contributed by atoms with Crippen LogP contribution in [0.5, 0.6) is 0 Å². The summed E-state index contributed by atoms with van der Waals surface area (Å²) in [7, 11) is 0. The third-order valence-electron chi connectivity index (χ3n) is 2.25. The average molecular weight is 263 g/mol. The van der Waals surface area contributed by atoms with E-state index in [1.165, 1.54) is 30.7 Å². The van der Waals surface area contributed by atoms with Crippen molar-refractivity contribution in [2.75, 3.05) is 0 Å². The lowest BCUT2D eigenvalue weighted by atomic mass is 10.2. The van der Waals surface area contributed by atoms with Crippen molar-refractivity contribution in [3.63, 3.8) is 0 Å². The van der Waals surface area contributed by atoms with Crippen LogP contribution in [0, 0.1) is 17.0 Å². The van der Waals surface area contributed by atoms with Gasteiger partial charge in [0, 0.05) is 0 Å². The van der Waals surface area contributed by atoms with Gasteiger partial charge in [0.05, 0.1) is 24.1 Å². The van der Waals surface area contributed by atoms with E-state index in [0.29, 0.717) is 11.3 Å². The van der Waals surface area contributed by atoms with E-state index in [0.717, 1.165) is 0 Å². The summed E-state index contributed by atoms with van der Waals surface area (Å²) in [5.41, 5.74) is 2.62. The molecule has 98 valence electrons. The van der Waals surface area contributed by atoms with E-state index in [1.54, 1.807) is 6.92 Å². The molecule has 0 saturated carbocycles. The third-order valence-corrected chi connectivity index (χ3v) is 2.25. The first-order valence-corrected chi connectivity index (χ1v) is 5.19. The molecule has 8 heteroatoms. The van der Waals surface area contributed by atoms with E-state index in [-0.39, 0.29) is 5.76 Å². The van der Waals surface area contributed by atoms with Gasteiger partial charge < -0.3 is 8.83 Å². The molecule has 0 aliphatic carbocycles. The van der Waals surface area contributed by atoms with Gasteiger partial charge in [0.2, 0.25) is 0 Å². The number of furan rings is 2. The number of hydrogen-bond donors (Lipinski definition) is 1. The van der Waals surface area contributed by atoms with Crippen LogP contribution in [-0.2, 0) is 0 Å². The van der Waals surface area contributed by atoms with Crippen molar-refractivity contribution in [3.05, 3.63) is 51.7 Å². The fourth-order valence-electron chi connectivity index (χ4n) is 1.34. The molecule has 2 aromatic heterocycles. The monoisotopic (exact) mass is 263 g/mol. The molecule has 0 atom stereocenters. The van der Waals surface area contributed by atoms with Crippen molar-refractivity contribution < 1.29 is 18.6 Å². The highest BCUT2D eigenvalue weighted by Gasteiger charge is 2.11. The average Bonchev–Trinajstić information content (AvgIpc) is 2.97. The summed E-state index contributed by atoms with van der Waals surface area (Å²) < 4.78 is 9.80. The molecular weight excluding hydrogens is 254 g/mol. The van der Waals surface area contributed by atoms with E-state index in [2.05, 4.69) is 10.5 Å². The lowest BCUT2D eigenvalue weighted by Crippen LogP contribution is -2.17. The number of hydrazone groups is 1. The predicted octanol–water partition coefficient (Wildman–Crippen LogP) is 1.85. The molecule has 0 aliphatic heterocycles. The lowest BCUT2D eigenvalue weighted by molar-refractivity contribution is -0.402. The van der Waals surface area contributed by atoms with Gasteiger partial charge in [0.25, 0.3) is 5.91 Å². The fourth-order valence-corrected chi connectivity index (χ4v) is 1.34. The second-order valence-electron chi connectivity index (χ2n) is 3.52. The van der Waals surface area contributed by atoms with Crippen LogP contribution in [0.2, 0.25) is 0 Å². The minimum absolute atomic E-state index is 0.163. The molecule has 2 rings (SSSR count). The highest BCUT2D eigenvalue weighted by Crippen LogP contribution is 2.13. The van der Waals surface area contributed by atoms with Crippen LogP contribution in [0.4, 0.5) is 5.88 Å². The molecule has 0 bridgehead atoms. The van der Waals surface area contributed by atoms with Crippen LogP contribution in [0.25, 0.3) is 0 Å². The van der Waals surface area contributed by atoms with Gasteiger partial charge in [0.1, 0.15) is 10.7 Å². The Bertz CT molecular complexity index is 640. The smallest absolute Gasteiger partial charge is 0.433 e. The quantitative estimate of drug-likeness (QED) is 0.514. The maximum Gasteiger partial charge on any atom is 0.433 e. The van der Waals surface area contributed by atoms with Gasteiger partial charge in [-0.2, -0.15) is 5.10 Å². The van der Waals surface area contributed by atoms with Gasteiger partial charge in [-0.05, 0) is 19.1 Å². The topological polar surface area (TPSA) is 111 Å². The van der Waals surface area contributed by atoms with Crippen molar-refractivity contribution in [1.29, 1.82) is 0 Å². The van der Waals surface area contributed by atoms with Crippen LogP contribution < -0.4 is 5.43 Å². The van der Waals surface area contributed by atoms with Gasteiger partial charge in [-0.15, -0.1) is 0 Å². The number of carbonyl (C=O) groups is 1. The first kappa shape index (κ1) is 12.6. The molecule has 0 aromatic carbocycles. The van der Waals surface area contributed by atoms with E-state index < -0.39 is 16.7 Å². The first-order chi connectivity index (χ1) is 9.08. The minimum atomic E-state index is -0.662. The lowest BCUT2D eigenvalue weighted by Gasteiger charge is -1.96. The van der Waals surface area contributed by atoms with Crippen molar-refractivity contribution >= 4 is 18.0 Å². The number of carbonyl (C=O) groups excluding carboxylic acids is 1. The Labute approximate surface area is 106 Å². The Kier molecular flexibility index (Phi) is 3.42. The van der Waals surface area contributed by atoms with Crippen LogP contribution in [0.1, 0.15) is 21.9 Å². The number of nitro groups is 1. The van der Waals surface area contributed by atoms with Gasteiger partial charge in [-0.25, -0.2) is 5.43 Å². The van der Waals surface area contributed by atoms with E-state index in [9.17, 15) is 14.9 Å². The Hall–Kier alpha value is -2.90. The fraction of sp³-hybridized carbons (Fsp3) is 0.0909. The van der Waals surface area contributed by atoms with Gasteiger partial charge in [0.15, 0.2) is 5.76 Å². The summed E-state index contributed by atoms with van der Waals surface area (Å²) in [6.45, 7) is 1.65. The van der Waals surface area contributed by atoms with Crippen molar-refractivity contribution in [2.24, 2.45) is 5.10 Å². The van der Waals surface area contributed by atoms with Gasteiger partial charge in [-0.3, -0.25) is 14.9 Å². The number of hydrogen-bond acceptors (Lipinski definition) is 6. The molecule has 0 aliphatic rings. The largest absolute Gasteiger partial charge is 0.469 e. The second-order valence-corrected chi connectivity index (χ2v) is 3.52. The van der Waals surface area contributed by atoms with Crippen LogP contribution in [0.15, 0.2) is 38.4 Å². The van der Waals surface area contributed by atoms with Crippen LogP contribution in [0.3, 0.4) is 0 Å². The molecule has 1 amide bonds. The Balaban J connectivity index is 1.98. The molecule has 1 N–H and O–H groups in total. The summed E-state index contributed by atoms with van der Waals surface area (Å²) in [6, 6.07) is 4.08. The summed E-state index contributed by atoms with van der Waals surface area (Å²) >= 11 is 0. The molecule has 0 saturated heterocycles. The molecule has 0 unspecified atom stereocenters. The number of amides is 1. The molecule has 2 aromatic rings. The van der Waals surface area contributed by atoms with Crippen LogP contribution in [-0.4, -0.2) is 17.0 Å². The summed E-state index contributed by atoms with van der Waals surface area (Å²) in [4.78, 5) is 21.3. The zero-order valence-electron chi connectivity index (χ0n) is 9.82. The summed E-state index contributed by atoms with van der Waals surface area (Å²) in [5, 5.41) is 14.0. The maximum atomic E-state index is 11.6. The Morgan fingerprint density at radius 2 is 2.26 bits per heavy atom. The Morgan fingerprint density at radius 1 is 1.47 bits per heavy atom. The SMILES string of the molecule is Cc1occc1C(=O)N/N=C\c1ccc([N+](=O)[O-])o1. The van der Waals surface area contributed by atoms with Crippen LogP contribution >= 0.6 is 0 Å². The number of nitrogens with zero attached hydrogens (tertiary/aromatic N) is 2. The zero-order chi connectivity index (χ0) is 13.8. The number of aryl methyl sites for hydroxylation is 1. The summed E-state index contributed by atoms with van der Waals surface area (Å²) in [6.07, 6.45) is 2.56. The molecule has 0 radical (unpaired) electrons. The molecule has 0 fully saturated rings. The van der Waals surface area contributed by atoms with Crippen molar-refractivity contribution in [1.82, 2.24) is 5.43 Å². The second kappa shape index (κ2) is 5.17. The van der Waals surface area contributed by atoms with Gasteiger partial charge in [-0.1, -0.05) is 0 Å². The molecule has 2 heterocycles. The molecule has 0 spiro atoms. The first-order valence-electron chi connectivity index (χ1n) is 5.19. The van der Waals surface area contributed by atoms with Crippen molar-refractivity contribution in [3.8, 4) is 0 Å². The molecular formula is C11H9N3O5. The van der Waals surface area contributed by atoms with Crippen molar-refractivity contribution in [2.45, 2.75) is 6.92 Å². The van der Waals surface area contributed by atoms with E-state index in [1.807, 2.05) is 0 Å². The predicted molar refractivity (Wildman–Crippen MR) is 63.9 cm³/mol. The highest BCUT2D eigenvalue weighted by atomic mass is 16.6. The number of rotatable bonds is 4. The summed E-state index contributed by atoms with van der Waals surface area (Å²) in [5.74, 6) is -0.195.